The summed E-state index contributed by atoms with van der Waals surface area (Å²) in [5.74, 6) is 0.946. The van der Waals surface area contributed by atoms with Crippen molar-refractivity contribution < 1.29 is 9.53 Å². The SMILES string of the molecule is COC(=O)C1(CCCSc2ccccc2)CCCN(C)C1c1ccccc1. The maximum atomic E-state index is 13.0. The van der Waals surface area contributed by atoms with E-state index in [1.165, 1.54) is 17.6 Å². The molecule has 2 atom stereocenters. The van der Waals surface area contributed by atoms with E-state index in [2.05, 4.69) is 60.5 Å². The zero-order valence-corrected chi connectivity index (χ0v) is 17.1. The number of carbonyl (C=O) groups is 1. The van der Waals surface area contributed by atoms with Crippen LogP contribution in [0.2, 0.25) is 0 Å². The Labute approximate surface area is 167 Å². The van der Waals surface area contributed by atoms with Gasteiger partial charge < -0.3 is 4.74 Å². The van der Waals surface area contributed by atoms with Gasteiger partial charge in [0.1, 0.15) is 0 Å². The van der Waals surface area contributed by atoms with Gasteiger partial charge in [-0.2, -0.15) is 0 Å². The third kappa shape index (κ3) is 4.56. The number of esters is 1. The first-order valence-corrected chi connectivity index (χ1v) is 10.7. The average molecular weight is 384 g/mol. The minimum atomic E-state index is -0.472. The standard InChI is InChI=1S/C23H29NO2S/c1-24-17-9-15-23(22(25)26-2,21(24)19-11-5-3-6-12-19)16-10-18-27-20-13-7-4-8-14-20/h3-8,11-14,21H,9-10,15-18H2,1-2H3. The molecule has 0 amide bonds. The van der Waals surface area contributed by atoms with E-state index in [9.17, 15) is 4.79 Å². The summed E-state index contributed by atoms with van der Waals surface area (Å²) in [6, 6.07) is 21.0. The summed E-state index contributed by atoms with van der Waals surface area (Å²) < 4.78 is 5.34. The molecular formula is C23H29NO2S. The van der Waals surface area contributed by atoms with E-state index in [4.69, 9.17) is 4.74 Å². The highest BCUT2D eigenvalue weighted by atomic mass is 32.2. The number of piperidine rings is 1. The molecule has 1 aliphatic rings. The van der Waals surface area contributed by atoms with Crippen LogP contribution in [0.4, 0.5) is 0 Å². The smallest absolute Gasteiger partial charge is 0.313 e. The molecule has 1 fully saturated rings. The highest BCUT2D eigenvalue weighted by molar-refractivity contribution is 7.99. The van der Waals surface area contributed by atoms with Crippen molar-refractivity contribution in [2.24, 2.45) is 5.41 Å². The van der Waals surface area contributed by atoms with Crippen molar-refractivity contribution in [2.45, 2.75) is 36.6 Å². The van der Waals surface area contributed by atoms with E-state index in [-0.39, 0.29) is 12.0 Å². The Balaban J connectivity index is 1.78. The lowest BCUT2D eigenvalue weighted by Gasteiger charge is -2.47. The molecule has 1 heterocycles. The number of hydrogen-bond acceptors (Lipinski definition) is 4. The quantitative estimate of drug-likeness (QED) is 0.374. The number of hydrogen-bond donors (Lipinski definition) is 0. The molecule has 2 unspecified atom stereocenters. The molecule has 0 aliphatic carbocycles. The highest BCUT2D eigenvalue weighted by Crippen LogP contribution is 2.49. The Hall–Kier alpha value is -1.78. The Morgan fingerprint density at radius 2 is 1.81 bits per heavy atom. The summed E-state index contributed by atoms with van der Waals surface area (Å²) in [6.45, 7) is 1.01. The zero-order chi connectivity index (χ0) is 19.1. The molecule has 3 nitrogen and oxygen atoms in total. The molecule has 27 heavy (non-hydrogen) atoms. The predicted molar refractivity (Wildman–Crippen MR) is 112 cm³/mol. The van der Waals surface area contributed by atoms with Crippen LogP contribution in [0.5, 0.6) is 0 Å². The maximum Gasteiger partial charge on any atom is 0.313 e. The van der Waals surface area contributed by atoms with E-state index in [0.29, 0.717) is 0 Å². The maximum absolute atomic E-state index is 13.0. The third-order valence-electron chi connectivity index (χ3n) is 5.58. The zero-order valence-electron chi connectivity index (χ0n) is 16.3. The predicted octanol–water partition coefficient (Wildman–Crippen LogP) is 5.19. The van der Waals surface area contributed by atoms with Crippen molar-refractivity contribution in [1.29, 1.82) is 0 Å². The van der Waals surface area contributed by atoms with Gasteiger partial charge in [0.25, 0.3) is 0 Å². The first-order valence-electron chi connectivity index (χ1n) is 9.69. The Bertz CT molecular complexity index is 722. The Kier molecular flexibility index (Phi) is 6.97. The molecule has 0 spiro atoms. The van der Waals surface area contributed by atoms with E-state index >= 15 is 0 Å². The first-order chi connectivity index (χ1) is 13.2. The molecular weight excluding hydrogens is 354 g/mol. The molecule has 0 aromatic heterocycles. The van der Waals surface area contributed by atoms with E-state index in [1.54, 1.807) is 0 Å². The Morgan fingerprint density at radius 3 is 2.48 bits per heavy atom. The summed E-state index contributed by atoms with van der Waals surface area (Å²) in [6.07, 6.45) is 3.76. The molecule has 0 radical (unpaired) electrons. The number of thioether (sulfide) groups is 1. The molecule has 4 heteroatoms. The molecule has 1 aliphatic heterocycles. The van der Waals surface area contributed by atoms with Gasteiger partial charge in [0.2, 0.25) is 0 Å². The molecule has 144 valence electrons. The van der Waals surface area contributed by atoms with Gasteiger partial charge >= 0.3 is 5.97 Å². The highest BCUT2D eigenvalue weighted by Gasteiger charge is 2.50. The summed E-state index contributed by atoms with van der Waals surface area (Å²) in [5.41, 5.74) is 0.737. The summed E-state index contributed by atoms with van der Waals surface area (Å²) in [5, 5.41) is 0. The van der Waals surface area contributed by atoms with Crippen LogP contribution in [0.3, 0.4) is 0 Å². The molecule has 0 saturated carbocycles. The average Bonchev–Trinajstić information content (AvgIpc) is 2.72. The van der Waals surface area contributed by atoms with Gasteiger partial charge in [0.15, 0.2) is 0 Å². The number of ether oxygens (including phenoxy) is 1. The van der Waals surface area contributed by atoms with Crippen LogP contribution < -0.4 is 0 Å². The van der Waals surface area contributed by atoms with Crippen LogP contribution in [0.15, 0.2) is 65.6 Å². The van der Waals surface area contributed by atoms with Crippen molar-refractivity contribution in [3.63, 3.8) is 0 Å². The topological polar surface area (TPSA) is 29.5 Å². The summed E-state index contributed by atoms with van der Waals surface area (Å²) in [7, 11) is 3.66. The second kappa shape index (κ2) is 9.43. The monoisotopic (exact) mass is 383 g/mol. The van der Waals surface area contributed by atoms with Gasteiger partial charge in [-0.1, -0.05) is 48.5 Å². The lowest BCUT2D eigenvalue weighted by molar-refractivity contribution is -0.162. The minimum absolute atomic E-state index is 0.0624. The first kappa shape index (κ1) is 20.0. The largest absolute Gasteiger partial charge is 0.469 e. The van der Waals surface area contributed by atoms with Crippen LogP contribution in [0, 0.1) is 5.41 Å². The number of likely N-dealkylation sites (tertiary alicyclic amines) is 1. The van der Waals surface area contributed by atoms with Crippen molar-refractivity contribution >= 4 is 17.7 Å². The second-order valence-electron chi connectivity index (χ2n) is 7.31. The van der Waals surface area contributed by atoms with Crippen molar-refractivity contribution in [2.75, 3.05) is 26.5 Å². The van der Waals surface area contributed by atoms with Crippen LogP contribution in [0.1, 0.15) is 37.3 Å². The van der Waals surface area contributed by atoms with E-state index < -0.39 is 5.41 Å². The second-order valence-corrected chi connectivity index (χ2v) is 8.48. The van der Waals surface area contributed by atoms with Gasteiger partial charge in [-0.25, -0.2) is 0 Å². The van der Waals surface area contributed by atoms with Gasteiger partial charge in [-0.15, -0.1) is 11.8 Å². The lowest BCUT2D eigenvalue weighted by atomic mass is 9.68. The molecule has 2 aromatic rings. The summed E-state index contributed by atoms with van der Waals surface area (Å²) in [4.78, 5) is 16.6. The molecule has 2 aromatic carbocycles. The van der Waals surface area contributed by atoms with Crippen molar-refractivity contribution in [1.82, 2.24) is 4.90 Å². The fourth-order valence-corrected chi connectivity index (χ4v) is 5.29. The van der Waals surface area contributed by atoms with E-state index in [0.717, 1.165) is 38.0 Å². The third-order valence-corrected chi connectivity index (χ3v) is 6.68. The fraction of sp³-hybridized carbons (Fsp3) is 0.435. The normalized spacial score (nSPS) is 23.1. The number of carbonyl (C=O) groups excluding carboxylic acids is 1. The molecule has 1 saturated heterocycles. The van der Waals surface area contributed by atoms with Gasteiger partial charge in [0, 0.05) is 4.90 Å². The van der Waals surface area contributed by atoms with E-state index in [1.807, 2.05) is 23.9 Å². The minimum Gasteiger partial charge on any atom is -0.469 e. The van der Waals surface area contributed by atoms with Crippen LogP contribution >= 0.6 is 11.8 Å². The van der Waals surface area contributed by atoms with Crippen LogP contribution in [-0.2, 0) is 9.53 Å². The van der Waals surface area contributed by atoms with Crippen molar-refractivity contribution in [3.8, 4) is 0 Å². The molecule has 3 rings (SSSR count). The van der Waals surface area contributed by atoms with Gasteiger partial charge in [-0.05, 0) is 62.7 Å². The number of methoxy groups -OCH3 is 1. The number of benzene rings is 2. The van der Waals surface area contributed by atoms with Gasteiger partial charge in [-0.3, -0.25) is 9.69 Å². The fourth-order valence-electron chi connectivity index (χ4n) is 4.42. The molecule has 0 N–H and O–H groups in total. The van der Waals surface area contributed by atoms with Crippen molar-refractivity contribution in [3.05, 3.63) is 66.2 Å². The Morgan fingerprint density at radius 1 is 1.15 bits per heavy atom. The van der Waals surface area contributed by atoms with Crippen LogP contribution in [0.25, 0.3) is 0 Å². The lowest BCUT2D eigenvalue weighted by Crippen LogP contribution is -2.49. The summed E-state index contributed by atoms with van der Waals surface area (Å²) >= 11 is 1.86. The van der Waals surface area contributed by atoms with Gasteiger partial charge in [0.05, 0.1) is 18.6 Å². The van der Waals surface area contributed by atoms with Crippen LogP contribution in [-0.4, -0.2) is 37.3 Å². The number of nitrogens with zero attached hydrogens (tertiary/aromatic N) is 1. The molecule has 0 bridgehead atoms. The number of rotatable bonds is 7.